The Kier molecular flexibility index (Phi) is 1.49. The third-order valence-corrected chi connectivity index (χ3v) is 5.13. The summed E-state index contributed by atoms with van der Waals surface area (Å²) in [6.07, 6.45) is 1.49. The highest BCUT2D eigenvalue weighted by atomic mass is 33.2. The van der Waals surface area contributed by atoms with Gasteiger partial charge in [-0.25, -0.2) is 0 Å². The second-order valence-electron chi connectivity index (χ2n) is 3.30. The second kappa shape index (κ2) is 2.09. The van der Waals surface area contributed by atoms with E-state index >= 15 is 0 Å². The smallest absolute Gasteiger partial charge is 0.0741 e. The van der Waals surface area contributed by atoms with Crippen molar-refractivity contribution in [1.82, 2.24) is 0 Å². The maximum absolute atomic E-state index is 2.40. The van der Waals surface area contributed by atoms with Crippen molar-refractivity contribution in [3.63, 3.8) is 0 Å². The first-order valence-corrected chi connectivity index (χ1v) is 5.89. The molecule has 2 aliphatic rings. The van der Waals surface area contributed by atoms with Crippen molar-refractivity contribution in [3.05, 3.63) is 0 Å². The van der Waals surface area contributed by atoms with E-state index in [4.69, 9.17) is 0 Å². The fourth-order valence-corrected chi connectivity index (χ4v) is 3.73. The average Bonchev–Trinajstić information content (AvgIpc) is 2.63. The molecule has 52 valence electrons. The van der Waals surface area contributed by atoms with Crippen molar-refractivity contribution in [2.75, 3.05) is 0 Å². The zero-order chi connectivity index (χ0) is 6.43. The average molecular weight is 160 g/mol. The Hall–Kier alpha value is 0.700. The molecule has 0 aromatic heterocycles. The number of hydrogen-bond acceptors (Lipinski definition) is 2. The Morgan fingerprint density at radius 2 is 1.89 bits per heavy atom. The molecule has 1 saturated heterocycles. The minimum atomic E-state index is 0.996. The molecule has 9 heavy (non-hydrogen) atoms. The van der Waals surface area contributed by atoms with E-state index in [9.17, 15) is 0 Å². The summed E-state index contributed by atoms with van der Waals surface area (Å²) >= 11 is 0. The van der Waals surface area contributed by atoms with Gasteiger partial charge < -0.3 is 0 Å². The van der Waals surface area contributed by atoms with Gasteiger partial charge in [-0.3, -0.25) is 0 Å². The molecule has 0 nitrogen and oxygen atoms in total. The Balaban J connectivity index is 1.88. The van der Waals surface area contributed by atoms with E-state index in [2.05, 4.69) is 35.4 Å². The van der Waals surface area contributed by atoms with Gasteiger partial charge >= 0.3 is 0 Å². The fourth-order valence-electron chi connectivity index (χ4n) is 1.62. The van der Waals surface area contributed by atoms with Gasteiger partial charge in [-0.2, -0.15) is 0 Å². The zero-order valence-corrected chi connectivity index (χ0v) is 7.47. The first-order chi connectivity index (χ1) is 4.29. The van der Waals surface area contributed by atoms with Crippen LogP contribution in [0.4, 0.5) is 0 Å². The molecular formula is C7H12S2. The van der Waals surface area contributed by atoms with Crippen molar-refractivity contribution in [2.45, 2.75) is 24.9 Å². The molecule has 2 heteroatoms. The van der Waals surface area contributed by atoms with E-state index in [0.717, 1.165) is 22.3 Å². The van der Waals surface area contributed by atoms with Crippen LogP contribution in [0.2, 0.25) is 0 Å². The predicted molar refractivity (Wildman–Crippen MR) is 45.4 cm³/mol. The summed E-state index contributed by atoms with van der Waals surface area (Å²) in [4.78, 5) is 0. The summed E-state index contributed by atoms with van der Waals surface area (Å²) < 4.78 is 0.996. The van der Waals surface area contributed by atoms with Gasteiger partial charge in [0.1, 0.15) is 0 Å². The highest BCUT2D eigenvalue weighted by Crippen LogP contribution is 2.63. The normalized spacial score (nSPS) is 50.7. The number of rotatable bonds is 1. The van der Waals surface area contributed by atoms with Gasteiger partial charge in [-0.15, -0.1) is 0 Å². The molecule has 2 rings (SSSR count). The summed E-state index contributed by atoms with van der Waals surface area (Å²) in [5, 5.41) is 0. The minimum Gasteiger partial charge on any atom is -0.0773 e. The molecule has 0 spiro atoms. The van der Waals surface area contributed by atoms with Crippen molar-refractivity contribution >= 4 is 21.6 Å². The van der Waals surface area contributed by atoms with E-state index < -0.39 is 0 Å². The maximum atomic E-state index is 2.40. The Morgan fingerprint density at radius 3 is 2.22 bits per heavy atom. The van der Waals surface area contributed by atoms with Crippen LogP contribution in [0, 0.1) is 17.8 Å². The molecule has 2 unspecified atom stereocenters. The molecule has 0 aromatic carbocycles. The molecule has 3 atom stereocenters. The van der Waals surface area contributed by atoms with Gasteiger partial charge in [0.25, 0.3) is 0 Å². The molecule has 0 amide bonds. The van der Waals surface area contributed by atoms with Crippen LogP contribution in [0.3, 0.4) is 0 Å². The Labute approximate surface area is 64.6 Å². The van der Waals surface area contributed by atoms with E-state index in [-0.39, 0.29) is 0 Å². The van der Waals surface area contributed by atoms with Gasteiger partial charge in [0.2, 0.25) is 0 Å². The van der Waals surface area contributed by atoms with Gasteiger partial charge in [-0.1, -0.05) is 35.4 Å². The molecule has 0 radical (unpaired) electrons. The maximum Gasteiger partial charge on any atom is 0.0741 e. The highest BCUT2D eigenvalue weighted by molar-refractivity contribution is 8.92. The minimum absolute atomic E-state index is 0.996. The summed E-state index contributed by atoms with van der Waals surface area (Å²) in [5.74, 6) is 3.09. The molecule has 0 bridgehead atoms. The summed E-state index contributed by atoms with van der Waals surface area (Å²) in [6.45, 7) is 4.77. The lowest BCUT2D eigenvalue weighted by atomic mass is 9.67. The monoisotopic (exact) mass is 160 g/mol. The third kappa shape index (κ3) is 1.01. The SMILES string of the molecule is CC1C[C@@H](C2SS2)C1C. The lowest BCUT2D eigenvalue weighted by Gasteiger charge is -2.40. The first-order valence-electron chi connectivity index (χ1n) is 3.61. The van der Waals surface area contributed by atoms with E-state index in [1.54, 1.807) is 0 Å². The van der Waals surface area contributed by atoms with Crippen molar-refractivity contribution in [3.8, 4) is 0 Å². The molecular weight excluding hydrogens is 148 g/mol. The quantitative estimate of drug-likeness (QED) is 0.427. The van der Waals surface area contributed by atoms with Crippen LogP contribution < -0.4 is 0 Å². The van der Waals surface area contributed by atoms with Crippen LogP contribution in [-0.2, 0) is 0 Å². The van der Waals surface area contributed by atoms with Crippen LogP contribution in [0.15, 0.2) is 0 Å². The lowest BCUT2D eigenvalue weighted by molar-refractivity contribution is 0.120. The lowest BCUT2D eigenvalue weighted by Crippen LogP contribution is -2.34. The molecule has 1 saturated carbocycles. The van der Waals surface area contributed by atoms with E-state index in [1.807, 2.05) is 0 Å². The van der Waals surface area contributed by atoms with Crippen LogP contribution in [0.25, 0.3) is 0 Å². The van der Waals surface area contributed by atoms with Crippen LogP contribution in [-0.4, -0.2) is 4.58 Å². The molecule has 1 aliphatic carbocycles. The summed E-state index contributed by atoms with van der Waals surface area (Å²) in [6, 6.07) is 0. The Morgan fingerprint density at radius 1 is 1.22 bits per heavy atom. The largest absolute Gasteiger partial charge is 0.0773 e. The molecule has 0 aromatic rings. The van der Waals surface area contributed by atoms with Crippen molar-refractivity contribution < 1.29 is 0 Å². The topological polar surface area (TPSA) is 0 Å². The van der Waals surface area contributed by atoms with Gasteiger partial charge in [0, 0.05) is 0 Å². The first kappa shape index (κ1) is 6.41. The third-order valence-electron chi connectivity index (χ3n) is 2.77. The summed E-state index contributed by atoms with van der Waals surface area (Å²) in [5.41, 5.74) is 0. The highest BCUT2D eigenvalue weighted by Gasteiger charge is 2.45. The predicted octanol–water partition coefficient (Wildman–Crippen LogP) is 3.00. The van der Waals surface area contributed by atoms with Gasteiger partial charge in [-0.05, 0) is 24.2 Å². The summed E-state index contributed by atoms with van der Waals surface area (Å²) in [7, 11) is 4.15. The fraction of sp³-hybridized carbons (Fsp3) is 1.00. The Bertz CT molecular complexity index is 120. The van der Waals surface area contributed by atoms with Crippen LogP contribution in [0.5, 0.6) is 0 Å². The number of hydrogen-bond donors (Lipinski definition) is 0. The van der Waals surface area contributed by atoms with E-state index in [1.165, 1.54) is 6.42 Å². The second-order valence-corrected chi connectivity index (χ2v) is 6.15. The van der Waals surface area contributed by atoms with Gasteiger partial charge in [0.15, 0.2) is 0 Å². The van der Waals surface area contributed by atoms with Crippen LogP contribution >= 0.6 is 21.6 Å². The molecule has 0 N–H and O–H groups in total. The van der Waals surface area contributed by atoms with Crippen molar-refractivity contribution in [2.24, 2.45) is 17.8 Å². The van der Waals surface area contributed by atoms with E-state index in [0.29, 0.717) is 0 Å². The standard InChI is InChI=1S/C7H12S2/c1-4-3-6(5(4)2)7-8-9-7/h4-7H,3H2,1-2H3/t4?,5?,6-/m1/s1. The zero-order valence-electron chi connectivity index (χ0n) is 5.83. The van der Waals surface area contributed by atoms with Crippen molar-refractivity contribution in [1.29, 1.82) is 0 Å². The van der Waals surface area contributed by atoms with Crippen LogP contribution in [0.1, 0.15) is 20.3 Å². The molecule has 1 heterocycles. The molecule has 1 aliphatic heterocycles. The molecule has 2 fully saturated rings. The van der Waals surface area contributed by atoms with Gasteiger partial charge in [0.05, 0.1) is 4.58 Å².